The summed E-state index contributed by atoms with van der Waals surface area (Å²) in [6, 6.07) is 0. The third-order valence-electron chi connectivity index (χ3n) is 0.773. The van der Waals surface area contributed by atoms with E-state index in [2.05, 4.69) is 25.0 Å². The minimum atomic E-state index is -3.94. The van der Waals surface area contributed by atoms with Crippen LogP contribution >= 0.6 is 33.3 Å². The van der Waals surface area contributed by atoms with Crippen LogP contribution in [0.2, 0.25) is 0 Å². The molecule has 0 radical (unpaired) electrons. The van der Waals surface area contributed by atoms with E-state index in [9.17, 15) is 13.7 Å². The van der Waals surface area contributed by atoms with Gasteiger partial charge in [0.2, 0.25) is 0 Å². The molecule has 0 aliphatic carbocycles. The first kappa shape index (κ1) is 14.2. The molecule has 0 amide bonds. The maximum absolute atomic E-state index is 12.6. The molecule has 0 bridgehead atoms. The number of hydrogen-bond donors (Lipinski definition) is 0. The molecule has 0 saturated carbocycles. The first-order chi connectivity index (χ1) is 5.89. The molecule has 1 unspecified atom stereocenters. The molecule has 0 rings (SSSR count). The summed E-state index contributed by atoms with van der Waals surface area (Å²) in [5.41, 5.74) is 0. The van der Waals surface area contributed by atoms with Gasteiger partial charge in [-0.15, -0.1) is 0 Å². The van der Waals surface area contributed by atoms with Gasteiger partial charge in [0.15, 0.2) is 0 Å². The third kappa shape index (κ3) is 5.57. The van der Waals surface area contributed by atoms with Crippen molar-refractivity contribution in [3.8, 4) is 0 Å². The predicted octanol–water partition coefficient (Wildman–Crippen LogP) is 2.30. The Bertz CT molecular complexity index is 218. The molecule has 0 saturated heterocycles. The van der Waals surface area contributed by atoms with Crippen LogP contribution in [0.5, 0.6) is 0 Å². The Labute approximate surface area is 91.2 Å². The van der Waals surface area contributed by atoms with Crippen molar-refractivity contribution in [1.29, 1.82) is 0 Å². The lowest BCUT2D eigenvalue weighted by molar-refractivity contribution is -0.250. The smallest absolute Gasteiger partial charge is 0.372 e. The summed E-state index contributed by atoms with van der Waals surface area (Å²) in [4.78, 5) is 11.2. The SMILES string of the molecule is CCOP([O-])(OC(F)(F)CBr)=[S+]Cl. The molecule has 3 nitrogen and oxygen atoms in total. The Morgan fingerprint density at radius 2 is 2.23 bits per heavy atom. The van der Waals surface area contributed by atoms with Gasteiger partial charge in [-0.1, -0.05) is 15.9 Å². The first-order valence-corrected chi connectivity index (χ1v) is 8.00. The number of halogens is 4. The Kier molecular flexibility index (Phi) is 6.43. The zero-order valence-electron chi connectivity index (χ0n) is 6.51. The van der Waals surface area contributed by atoms with Crippen molar-refractivity contribution >= 4 is 43.5 Å². The van der Waals surface area contributed by atoms with Gasteiger partial charge >= 0.3 is 23.0 Å². The van der Waals surface area contributed by atoms with Crippen LogP contribution in [0, 0.1) is 0 Å². The van der Waals surface area contributed by atoms with E-state index in [1.165, 1.54) is 6.92 Å². The zero-order valence-corrected chi connectivity index (χ0v) is 10.6. The fourth-order valence-corrected chi connectivity index (χ4v) is 2.99. The number of hydrogen-bond acceptors (Lipinski definition) is 3. The zero-order chi connectivity index (χ0) is 10.5. The summed E-state index contributed by atoms with van der Waals surface area (Å²) in [5, 5.41) is -0.769. The van der Waals surface area contributed by atoms with Gasteiger partial charge in [0.25, 0.3) is 10.7 Å². The normalized spacial score (nSPS) is 16.8. The third-order valence-corrected chi connectivity index (χ3v) is 5.23. The summed E-state index contributed by atoms with van der Waals surface area (Å²) in [6.07, 6.45) is -3.55. The first-order valence-electron chi connectivity index (χ1n) is 3.08. The average molecular weight is 319 g/mol. The van der Waals surface area contributed by atoms with Crippen LogP contribution in [0.15, 0.2) is 0 Å². The highest BCUT2D eigenvalue weighted by molar-refractivity contribution is 9.09. The molecule has 0 aromatic rings. The molecule has 0 aromatic carbocycles. The van der Waals surface area contributed by atoms with Crippen molar-refractivity contribution in [3.05, 3.63) is 0 Å². The fourth-order valence-electron chi connectivity index (χ4n) is 0.406. The monoisotopic (exact) mass is 318 g/mol. The van der Waals surface area contributed by atoms with E-state index in [4.69, 9.17) is 10.7 Å². The van der Waals surface area contributed by atoms with Crippen LogP contribution in [0.3, 0.4) is 0 Å². The van der Waals surface area contributed by atoms with Gasteiger partial charge in [-0.3, -0.25) is 0 Å². The van der Waals surface area contributed by atoms with E-state index in [-0.39, 0.29) is 16.8 Å². The van der Waals surface area contributed by atoms with Crippen LogP contribution in [0.25, 0.3) is 0 Å². The van der Waals surface area contributed by atoms with Crippen LogP contribution in [0.4, 0.5) is 8.78 Å². The molecular formula is C4H7BrClF2O3PS. The average Bonchev–Trinajstić information content (AvgIpc) is 2.04. The second kappa shape index (κ2) is 5.90. The van der Waals surface area contributed by atoms with Gasteiger partial charge in [0, 0.05) is 0 Å². The summed E-state index contributed by atoms with van der Waals surface area (Å²) in [6.45, 7) is -2.46. The maximum Gasteiger partial charge on any atom is 0.372 e. The highest BCUT2D eigenvalue weighted by Crippen LogP contribution is 2.47. The molecule has 0 fully saturated rings. The lowest BCUT2D eigenvalue weighted by Gasteiger charge is -2.22. The minimum Gasteiger partial charge on any atom is -0.740 e. The number of rotatable bonds is 5. The van der Waals surface area contributed by atoms with Gasteiger partial charge in [0.05, 0.1) is 11.9 Å². The van der Waals surface area contributed by atoms with E-state index in [0.717, 1.165) is 0 Å². The van der Waals surface area contributed by atoms with Crippen LogP contribution in [-0.4, -0.2) is 18.0 Å². The maximum atomic E-state index is 12.6. The lowest BCUT2D eigenvalue weighted by Crippen LogP contribution is -2.25. The van der Waals surface area contributed by atoms with Gasteiger partial charge in [-0.05, 0) is 6.92 Å². The number of alkyl halides is 3. The molecule has 9 heteroatoms. The summed E-state index contributed by atoms with van der Waals surface area (Å²) in [5.74, 6) is 0. The molecule has 0 aliphatic heterocycles. The molecular weight excluding hydrogens is 312 g/mol. The van der Waals surface area contributed by atoms with Gasteiger partial charge in [-0.25, -0.2) is 4.52 Å². The Morgan fingerprint density at radius 3 is 2.54 bits per heavy atom. The van der Waals surface area contributed by atoms with Crippen molar-refractivity contribution in [2.24, 2.45) is 0 Å². The molecule has 13 heavy (non-hydrogen) atoms. The standard InChI is InChI=1S/C4H7BrClF2O3PS/c1-2-10-12(9,13-6)11-4(7,8)3-5/h2-3H2,1H3. The highest BCUT2D eigenvalue weighted by Gasteiger charge is 2.37. The molecule has 0 aliphatic rings. The minimum absolute atomic E-state index is 0.0185. The van der Waals surface area contributed by atoms with E-state index in [0.29, 0.717) is 0 Å². The summed E-state index contributed by atoms with van der Waals surface area (Å²) < 4.78 is 33.6. The van der Waals surface area contributed by atoms with Crippen molar-refractivity contribution in [2.75, 3.05) is 11.9 Å². The molecule has 0 aromatic heterocycles. The molecule has 0 N–H and O–H groups in total. The quantitative estimate of drug-likeness (QED) is 0.443. The van der Waals surface area contributed by atoms with Crippen molar-refractivity contribution in [3.63, 3.8) is 0 Å². The van der Waals surface area contributed by atoms with E-state index >= 15 is 0 Å². The molecule has 0 heterocycles. The second-order valence-corrected chi connectivity index (χ2v) is 6.83. The molecule has 0 spiro atoms. The summed E-state index contributed by atoms with van der Waals surface area (Å²) in [7, 11) is 5.23. The summed E-state index contributed by atoms with van der Waals surface area (Å²) >= 11 is 2.50. The predicted molar refractivity (Wildman–Crippen MR) is 51.6 cm³/mol. The van der Waals surface area contributed by atoms with E-state index < -0.39 is 18.2 Å². The second-order valence-electron chi connectivity index (χ2n) is 1.80. The van der Waals surface area contributed by atoms with Crippen molar-refractivity contribution < 1.29 is 22.7 Å². The highest BCUT2D eigenvalue weighted by atomic mass is 79.9. The van der Waals surface area contributed by atoms with Crippen molar-refractivity contribution in [2.45, 2.75) is 13.0 Å². The van der Waals surface area contributed by atoms with Crippen LogP contribution in [0.1, 0.15) is 6.92 Å². The van der Waals surface area contributed by atoms with Gasteiger partial charge < -0.3 is 9.42 Å². The van der Waals surface area contributed by atoms with Gasteiger partial charge in [0.1, 0.15) is 0 Å². The van der Waals surface area contributed by atoms with E-state index in [1.807, 2.05) is 0 Å². The molecule has 80 valence electrons. The largest absolute Gasteiger partial charge is 0.740 e. The van der Waals surface area contributed by atoms with E-state index in [1.54, 1.807) is 0 Å². The molecule has 1 atom stereocenters. The van der Waals surface area contributed by atoms with Crippen LogP contribution < -0.4 is 4.89 Å². The van der Waals surface area contributed by atoms with Gasteiger partial charge in [-0.2, -0.15) is 8.78 Å². The van der Waals surface area contributed by atoms with Crippen molar-refractivity contribution in [1.82, 2.24) is 0 Å². The Hall–Kier alpha value is 1.16. The lowest BCUT2D eigenvalue weighted by atomic mass is 10.8. The topological polar surface area (TPSA) is 41.5 Å². The Morgan fingerprint density at radius 1 is 1.69 bits per heavy atom. The fraction of sp³-hybridized carbons (Fsp3) is 1.00. The van der Waals surface area contributed by atoms with Crippen LogP contribution in [-0.2, 0) is 19.2 Å². The Balaban J connectivity index is 4.46.